The van der Waals surface area contributed by atoms with Crippen LogP contribution in [0.3, 0.4) is 0 Å². The molecule has 0 spiro atoms. The Morgan fingerprint density at radius 3 is 2.72 bits per heavy atom. The van der Waals surface area contributed by atoms with Gasteiger partial charge in [0.1, 0.15) is 0 Å². The molecule has 0 aromatic carbocycles. The van der Waals surface area contributed by atoms with Gasteiger partial charge in [0.25, 0.3) is 0 Å². The SMILES string of the molecule is CC(=O)NCCC(=O)NC1(CO)CCCC(C)C1. The fraction of sp³-hybridized carbons (Fsp3) is 0.846. The van der Waals surface area contributed by atoms with Crippen LogP contribution in [-0.4, -0.2) is 35.6 Å². The van der Waals surface area contributed by atoms with Crippen LogP contribution in [0.25, 0.3) is 0 Å². The Kier molecular flexibility index (Phi) is 5.59. The second kappa shape index (κ2) is 6.73. The number of carbonyl (C=O) groups excluding carboxylic acids is 2. The number of nitrogens with one attached hydrogen (secondary N) is 2. The van der Waals surface area contributed by atoms with Crippen molar-refractivity contribution in [1.82, 2.24) is 10.6 Å². The number of aliphatic hydroxyl groups excluding tert-OH is 1. The summed E-state index contributed by atoms with van der Waals surface area (Å²) >= 11 is 0. The second-order valence-electron chi connectivity index (χ2n) is 5.42. The summed E-state index contributed by atoms with van der Waals surface area (Å²) in [7, 11) is 0. The van der Waals surface area contributed by atoms with Crippen LogP contribution in [0.4, 0.5) is 0 Å². The molecular weight excluding hydrogens is 232 g/mol. The van der Waals surface area contributed by atoms with Gasteiger partial charge < -0.3 is 15.7 Å². The Morgan fingerprint density at radius 2 is 2.17 bits per heavy atom. The molecule has 2 amide bonds. The summed E-state index contributed by atoms with van der Waals surface area (Å²) in [5, 5.41) is 15.1. The predicted molar refractivity (Wildman–Crippen MR) is 68.9 cm³/mol. The van der Waals surface area contributed by atoms with E-state index in [2.05, 4.69) is 17.6 Å². The zero-order valence-corrected chi connectivity index (χ0v) is 11.3. The quantitative estimate of drug-likeness (QED) is 0.673. The van der Waals surface area contributed by atoms with Crippen molar-refractivity contribution in [1.29, 1.82) is 0 Å². The first kappa shape index (κ1) is 15.0. The first-order valence-corrected chi connectivity index (χ1v) is 6.64. The van der Waals surface area contributed by atoms with E-state index in [-0.39, 0.29) is 24.8 Å². The summed E-state index contributed by atoms with van der Waals surface area (Å²) in [5.74, 6) is 0.291. The maximum Gasteiger partial charge on any atom is 0.222 e. The maximum atomic E-state index is 11.8. The second-order valence-corrected chi connectivity index (χ2v) is 5.42. The number of amides is 2. The van der Waals surface area contributed by atoms with Crippen LogP contribution < -0.4 is 10.6 Å². The zero-order valence-electron chi connectivity index (χ0n) is 11.3. The van der Waals surface area contributed by atoms with E-state index in [9.17, 15) is 14.7 Å². The highest BCUT2D eigenvalue weighted by atomic mass is 16.3. The van der Waals surface area contributed by atoms with Gasteiger partial charge in [-0.25, -0.2) is 0 Å². The van der Waals surface area contributed by atoms with Gasteiger partial charge >= 0.3 is 0 Å². The monoisotopic (exact) mass is 256 g/mol. The fourth-order valence-corrected chi connectivity index (χ4v) is 2.67. The van der Waals surface area contributed by atoms with Crippen LogP contribution in [0.1, 0.15) is 46.0 Å². The molecule has 104 valence electrons. The van der Waals surface area contributed by atoms with Gasteiger partial charge in [-0.2, -0.15) is 0 Å². The topological polar surface area (TPSA) is 78.4 Å². The Bertz CT molecular complexity index is 307. The highest BCUT2D eigenvalue weighted by molar-refractivity contribution is 5.78. The molecular formula is C13H24N2O3. The largest absolute Gasteiger partial charge is 0.394 e. The molecule has 0 bridgehead atoms. The van der Waals surface area contributed by atoms with Crippen LogP contribution in [0, 0.1) is 5.92 Å². The molecule has 0 radical (unpaired) electrons. The Labute approximate surface area is 108 Å². The standard InChI is InChI=1S/C13H24N2O3/c1-10-4-3-6-13(8-10,9-16)15-12(18)5-7-14-11(2)17/h10,16H,3-9H2,1-2H3,(H,14,17)(H,15,18). The van der Waals surface area contributed by atoms with E-state index in [1.807, 2.05) is 0 Å². The van der Waals surface area contributed by atoms with Crippen molar-refractivity contribution in [2.24, 2.45) is 5.92 Å². The highest BCUT2D eigenvalue weighted by Crippen LogP contribution is 2.31. The van der Waals surface area contributed by atoms with Gasteiger partial charge in [-0.3, -0.25) is 9.59 Å². The molecule has 1 fully saturated rings. The third-order valence-corrected chi connectivity index (χ3v) is 3.52. The molecule has 0 heterocycles. The van der Waals surface area contributed by atoms with Gasteiger partial charge in [-0.15, -0.1) is 0 Å². The normalized spacial score (nSPS) is 27.6. The Hall–Kier alpha value is -1.10. The molecule has 3 N–H and O–H groups in total. The lowest BCUT2D eigenvalue weighted by Crippen LogP contribution is -2.54. The predicted octanol–water partition coefficient (Wildman–Crippen LogP) is 0.570. The van der Waals surface area contributed by atoms with Crippen molar-refractivity contribution < 1.29 is 14.7 Å². The molecule has 1 rings (SSSR count). The number of hydrogen-bond acceptors (Lipinski definition) is 3. The summed E-state index contributed by atoms with van der Waals surface area (Å²) in [6.45, 7) is 3.91. The molecule has 0 saturated heterocycles. The van der Waals surface area contributed by atoms with Gasteiger partial charge in [0.05, 0.1) is 12.1 Å². The summed E-state index contributed by atoms with van der Waals surface area (Å²) in [6.07, 6.45) is 4.11. The summed E-state index contributed by atoms with van der Waals surface area (Å²) < 4.78 is 0. The average molecular weight is 256 g/mol. The first-order chi connectivity index (χ1) is 8.47. The molecule has 18 heavy (non-hydrogen) atoms. The molecule has 2 atom stereocenters. The Balaban J connectivity index is 2.42. The van der Waals surface area contributed by atoms with E-state index in [4.69, 9.17) is 0 Å². The van der Waals surface area contributed by atoms with Crippen molar-refractivity contribution in [2.75, 3.05) is 13.2 Å². The number of hydrogen-bond donors (Lipinski definition) is 3. The molecule has 0 aliphatic heterocycles. The molecule has 2 unspecified atom stereocenters. The average Bonchev–Trinajstić information content (AvgIpc) is 2.28. The lowest BCUT2D eigenvalue weighted by molar-refractivity contribution is -0.124. The third-order valence-electron chi connectivity index (χ3n) is 3.52. The molecule has 5 heteroatoms. The van der Waals surface area contributed by atoms with Crippen molar-refractivity contribution in [3.8, 4) is 0 Å². The molecule has 1 aliphatic carbocycles. The summed E-state index contributed by atoms with van der Waals surface area (Å²) in [5.41, 5.74) is -0.453. The minimum Gasteiger partial charge on any atom is -0.394 e. The van der Waals surface area contributed by atoms with Gasteiger partial charge in [0.15, 0.2) is 0 Å². The van der Waals surface area contributed by atoms with Crippen molar-refractivity contribution in [3.63, 3.8) is 0 Å². The van der Waals surface area contributed by atoms with Gasteiger partial charge in [-0.05, 0) is 18.8 Å². The van der Waals surface area contributed by atoms with Crippen LogP contribution in [0.15, 0.2) is 0 Å². The minimum atomic E-state index is -0.453. The van der Waals surface area contributed by atoms with E-state index in [1.54, 1.807) is 0 Å². The van der Waals surface area contributed by atoms with Gasteiger partial charge in [0, 0.05) is 19.9 Å². The molecule has 1 aliphatic rings. The van der Waals surface area contributed by atoms with Crippen LogP contribution in [-0.2, 0) is 9.59 Å². The minimum absolute atomic E-state index is 0.0107. The summed E-state index contributed by atoms with van der Waals surface area (Å²) in [6, 6.07) is 0. The van der Waals surface area contributed by atoms with Crippen LogP contribution in [0.5, 0.6) is 0 Å². The fourth-order valence-electron chi connectivity index (χ4n) is 2.67. The lowest BCUT2D eigenvalue weighted by Gasteiger charge is -2.39. The smallest absolute Gasteiger partial charge is 0.222 e. The van der Waals surface area contributed by atoms with Crippen molar-refractivity contribution >= 4 is 11.8 Å². The van der Waals surface area contributed by atoms with E-state index in [1.165, 1.54) is 6.92 Å². The first-order valence-electron chi connectivity index (χ1n) is 6.64. The van der Waals surface area contributed by atoms with Crippen molar-refractivity contribution in [3.05, 3.63) is 0 Å². The molecule has 1 saturated carbocycles. The lowest BCUT2D eigenvalue weighted by atomic mass is 9.77. The van der Waals surface area contributed by atoms with Gasteiger partial charge in [0.2, 0.25) is 11.8 Å². The van der Waals surface area contributed by atoms with Gasteiger partial charge in [-0.1, -0.05) is 19.8 Å². The molecule has 0 aromatic rings. The Morgan fingerprint density at radius 1 is 1.44 bits per heavy atom. The summed E-state index contributed by atoms with van der Waals surface area (Å²) in [4.78, 5) is 22.5. The molecule has 5 nitrogen and oxygen atoms in total. The maximum absolute atomic E-state index is 11.8. The van der Waals surface area contributed by atoms with Crippen LogP contribution in [0.2, 0.25) is 0 Å². The van der Waals surface area contributed by atoms with E-state index in [0.717, 1.165) is 25.7 Å². The zero-order chi connectivity index (χ0) is 13.6. The number of aliphatic hydroxyl groups is 1. The highest BCUT2D eigenvalue weighted by Gasteiger charge is 2.35. The number of rotatable bonds is 5. The van der Waals surface area contributed by atoms with Crippen LogP contribution >= 0.6 is 0 Å². The molecule has 0 aromatic heterocycles. The van der Waals surface area contributed by atoms with Crippen molar-refractivity contribution in [2.45, 2.75) is 51.5 Å². The number of carbonyl (C=O) groups is 2. The van der Waals surface area contributed by atoms with E-state index >= 15 is 0 Å². The third kappa shape index (κ3) is 4.64. The van der Waals surface area contributed by atoms with E-state index < -0.39 is 5.54 Å². The van der Waals surface area contributed by atoms with E-state index in [0.29, 0.717) is 12.5 Å².